The van der Waals surface area contributed by atoms with E-state index in [1.165, 1.54) is 12.1 Å². The molecule has 3 aromatic carbocycles. The average Bonchev–Trinajstić information content (AvgIpc) is 3.00. The maximum atomic E-state index is 13.7. The van der Waals surface area contributed by atoms with Gasteiger partial charge in [0.25, 0.3) is 11.8 Å². The van der Waals surface area contributed by atoms with Crippen LogP contribution in [0.25, 0.3) is 5.57 Å². The third-order valence-electron chi connectivity index (χ3n) is 6.01. The number of hydrogen-bond acceptors (Lipinski definition) is 3. The van der Waals surface area contributed by atoms with Crippen LogP contribution in [0.5, 0.6) is 0 Å². The first-order valence-corrected chi connectivity index (χ1v) is 10.7. The number of benzene rings is 3. The molecule has 0 saturated heterocycles. The van der Waals surface area contributed by atoms with E-state index in [0.717, 1.165) is 39.3 Å². The molecule has 3 aromatic rings. The van der Waals surface area contributed by atoms with Crippen molar-refractivity contribution in [2.45, 2.75) is 33.9 Å². The van der Waals surface area contributed by atoms with Crippen LogP contribution >= 0.6 is 0 Å². The Hall–Kier alpha value is -3.87. The number of rotatable bonds is 4. The number of nitrogens with zero attached hydrogens (tertiary/aromatic N) is 1. The second-order valence-electron chi connectivity index (χ2n) is 8.44. The van der Waals surface area contributed by atoms with Crippen molar-refractivity contribution >= 4 is 28.8 Å². The summed E-state index contributed by atoms with van der Waals surface area (Å²) in [6.45, 7) is 7.44. The van der Waals surface area contributed by atoms with Gasteiger partial charge in [-0.25, -0.2) is 4.90 Å². The zero-order valence-electron chi connectivity index (χ0n) is 19.2. The van der Waals surface area contributed by atoms with Crippen molar-refractivity contribution < 1.29 is 22.8 Å². The molecule has 0 aromatic heterocycles. The van der Waals surface area contributed by atoms with Gasteiger partial charge in [0.15, 0.2) is 0 Å². The molecule has 4 rings (SSSR count). The SMILES string of the molecule is Cc1ccc(C2=C(Nc3cccc(C(F)(F)F)c3)C(=O)N(c3cccc(C)c3C)C2=O)c(C)c1. The van der Waals surface area contributed by atoms with E-state index in [2.05, 4.69) is 5.32 Å². The van der Waals surface area contributed by atoms with E-state index in [4.69, 9.17) is 0 Å². The largest absolute Gasteiger partial charge is 0.416 e. The third kappa shape index (κ3) is 4.09. The second-order valence-corrected chi connectivity index (χ2v) is 8.44. The summed E-state index contributed by atoms with van der Waals surface area (Å²) in [5, 5.41) is 2.83. The summed E-state index contributed by atoms with van der Waals surface area (Å²) < 4.78 is 39.7. The van der Waals surface area contributed by atoms with Gasteiger partial charge in [0.2, 0.25) is 0 Å². The second kappa shape index (κ2) is 8.48. The molecular formula is C27H23F3N2O2. The summed E-state index contributed by atoms with van der Waals surface area (Å²) in [5.41, 5.74) is 3.71. The molecule has 0 aliphatic carbocycles. The highest BCUT2D eigenvalue weighted by molar-refractivity contribution is 6.46. The van der Waals surface area contributed by atoms with Crippen LogP contribution in [0.15, 0.2) is 66.4 Å². The van der Waals surface area contributed by atoms with Gasteiger partial charge in [0.05, 0.1) is 16.8 Å². The number of imide groups is 1. The number of nitrogens with one attached hydrogen (secondary N) is 1. The van der Waals surface area contributed by atoms with Crippen molar-refractivity contribution in [1.82, 2.24) is 0 Å². The first kappa shape index (κ1) is 23.3. The lowest BCUT2D eigenvalue weighted by atomic mass is 9.97. The fourth-order valence-electron chi connectivity index (χ4n) is 4.10. The molecule has 1 aliphatic rings. The number of carbonyl (C=O) groups excluding carboxylic acids is 2. The summed E-state index contributed by atoms with van der Waals surface area (Å²) in [5.74, 6) is -1.15. The molecule has 1 aliphatic heterocycles. The predicted octanol–water partition coefficient (Wildman–Crippen LogP) is 6.34. The average molecular weight is 464 g/mol. The number of carbonyl (C=O) groups is 2. The van der Waals surface area contributed by atoms with Crippen molar-refractivity contribution in [3.05, 3.63) is 99.7 Å². The van der Waals surface area contributed by atoms with Crippen LogP contribution in [-0.2, 0) is 15.8 Å². The maximum absolute atomic E-state index is 13.7. The quantitative estimate of drug-likeness (QED) is 0.459. The summed E-state index contributed by atoms with van der Waals surface area (Å²) in [6.07, 6.45) is -4.54. The van der Waals surface area contributed by atoms with Gasteiger partial charge in [-0.05, 0) is 74.2 Å². The van der Waals surface area contributed by atoms with Crippen LogP contribution in [0.3, 0.4) is 0 Å². The number of amides is 2. The number of aryl methyl sites for hydroxylation is 3. The number of hydrogen-bond donors (Lipinski definition) is 1. The number of halogens is 3. The highest BCUT2D eigenvalue weighted by Gasteiger charge is 2.41. The molecule has 0 unspecified atom stereocenters. The first-order valence-electron chi connectivity index (χ1n) is 10.7. The molecule has 0 spiro atoms. The highest BCUT2D eigenvalue weighted by atomic mass is 19.4. The molecule has 0 atom stereocenters. The normalized spacial score (nSPS) is 14.3. The molecule has 4 nitrogen and oxygen atoms in total. The molecule has 0 bridgehead atoms. The zero-order chi connectivity index (χ0) is 24.8. The van der Waals surface area contributed by atoms with Gasteiger partial charge in [0.1, 0.15) is 5.70 Å². The Morgan fingerprint density at radius 2 is 1.50 bits per heavy atom. The minimum Gasteiger partial charge on any atom is -0.350 e. The Morgan fingerprint density at radius 1 is 0.794 bits per heavy atom. The van der Waals surface area contributed by atoms with Crippen molar-refractivity contribution in [2.24, 2.45) is 0 Å². The molecule has 0 fully saturated rings. The standard InChI is InChI=1S/C27H23F3N2O2/c1-15-11-12-21(17(3)13-15)23-24(31-20-9-6-8-19(14-20)27(28,29)30)26(34)32(25(23)33)22-10-5-7-16(2)18(22)4/h5-14,31H,1-4H3. The molecular weight excluding hydrogens is 441 g/mol. The fraction of sp³-hybridized carbons (Fsp3) is 0.185. The van der Waals surface area contributed by atoms with Crippen LogP contribution < -0.4 is 10.2 Å². The van der Waals surface area contributed by atoms with Crippen molar-refractivity contribution in [3.8, 4) is 0 Å². The Kier molecular flexibility index (Phi) is 5.81. The van der Waals surface area contributed by atoms with Gasteiger partial charge in [0, 0.05) is 5.69 Å². The van der Waals surface area contributed by atoms with E-state index < -0.39 is 23.6 Å². The molecule has 2 amide bonds. The zero-order valence-corrected chi connectivity index (χ0v) is 19.2. The van der Waals surface area contributed by atoms with Crippen LogP contribution in [-0.4, -0.2) is 11.8 Å². The summed E-state index contributed by atoms with van der Waals surface area (Å²) >= 11 is 0. The molecule has 1 heterocycles. The van der Waals surface area contributed by atoms with Crippen molar-refractivity contribution in [2.75, 3.05) is 10.2 Å². The van der Waals surface area contributed by atoms with E-state index in [0.29, 0.717) is 11.3 Å². The summed E-state index contributed by atoms with van der Waals surface area (Å²) in [6, 6.07) is 15.4. The van der Waals surface area contributed by atoms with Crippen LogP contribution in [0.1, 0.15) is 33.4 Å². The molecule has 1 N–H and O–H groups in total. The van der Waals surface area contributed by atoms with Gasteiger partial charge < -0.3 is 5.32 Å². The maximum Gasteiger partial charge on any atom is 0.416 e. The third-order valence-corrected chi connectivity index (χ3v) is 6.01. The smallest absolute Gasteiger partial charge is 0.350 e. The molecule has 0 saturated carbocycles. The van der Waals surface area contributed by atoms with Crippen LogP contribution in [0, 0.1) is 27.7 Å². The van der Waals surface area contributed by atoms with E-state index in [1.54, 1.807) is 18.2 Å². The molecule has 174 valence electrons. The van der Waals surface area contributed by atoms with Gasteiger partial charge in [-0.2, -0.15) is 13.2 Å². The minimum absolute atomic E-state index is 0.0582. The van der Waals surface area contributed by atoms with E-state index in [-0.39, 0.29) is 17.0 Å². The van der Waals surface area contributed by atoms with E-state index in [1.807, 2.05) is 45.9 Å². The van der Waals surface area contributed by atoms with Crippen LogP contribution in [0.4, 0.5) is 24.5 Å². The van der Waals surface area contributed by atoms with Gasteiger partial charge in [-0.3, -0.25) is 9.59 Å². The van der Waals surface area contributed by atoms with Crippen molar-refractivity contribution in [1.29, 1.82) is 0 Å². The fourth-order valence-corrected chi connectivity index (χ4v) is 4.10. The molecule has 7 heteroatoms. The van der Waals surface area contributed by atoms with Gasteiger partial charge in [-0.15, -0.1) is 0 Å². The predicted molar refractivity (Wildman–Crippen MR) is 126 cm³/mol. The van der Waals surface area contributed by atoms with Gasteiger partial charge in [-0.1, -0.05) is 42.0 Å². The lowest BCUT2D eigenvalue weighted by molar-refractivity contribution is -0.137. The topological polar surface area (TPSA) is 49.4 Å². The van der Waals surface area contributed by atoms with E-state index >= 15 is 0 Å². The van der Waals surface area contributed by atoms with Crippen LogP contribution in [0.2, 0.25) is 0 Å². The monoisotopic (exact) mass is 464 g/mol. The number of alkyl halides is 3. The minimum atomic E-state index is -4.54. The van der Waals surface area contributed by atoms with E-state index in [9.17, 15) is 22.8 Å². The summed E-state index contributed by atoms with van der Waals surface area (Å²) in [4.78, 5) is 28.4. The van der Waals surface area contributed by atoms with Crippen molar-refractivity contribution in [3.63, 3.8) is 0 Å². The molecule has 34 heavy (non-hydrogen) atoms. The lowest BCUT2D eigenvalue weighted by Gasteiger charge is -2.19. The Labute approximate surface area is 195 Å². The summed E-state index contributed by atoms with van der Waals surface area (Å²) in [7, 11) is 0. The Morgan fingerprint density at radius 3 is 2.18 bits per heavy atom. The molecule has 0 radical (unpaired) electrons. The number of anilines is 2. The van der Waals surface area contributed by atoms with Gasteiger partial charge >= 0.3 is 6.18 Å². The lowest BCUT2D eigenvalue weighted by Crippen LogP contribution is -2.33. The Balaban J connectivity index is 1.88. The first-order chi connectivity index (χ1) is 16.0. The highest BCUT2D eigenvalue weighted by Crippen LogP contribution is 2.38. The Bertz CT molecular complexity index is 1360.